The van der Waals surface area contributed by atoms with Gasteiger partial charge in [0.05, 0.1) is 20.2 Å². The first kappa shape index (κ1) is 27.6. The molecule has 0 aliphatic carbocycles. The van der Waals surface area contributed by atoms with E-state index in [1.165, 1.54) is 0 Å². The fraction of sp³-hybridized carbons (Fsp3) is 0.143. The second-order valence-corrected chi connectivity index (χ2v) is 15.4. The smallest absolute Gasteiger partial charge is 0.123 e. The summed E-state index contributed by atoms with van der Waals surface area (Å²) in [5.41, 5.74) is 0. The average Bonchev–Trinajstić information content (AvgIpc) is 2.93. The van der Waals surface area contributed by atoms with Gasteiger partial charge in [0, 0.05) is 17.0 Å². The lowest BCUT2D eigenvalue weighted by molar-refractivity contribution is -0.627. The molecule has 0 spiro atoms. The Labute approximate surface area is 219 Å². The van der Waals surface area contributed by atoms with E-state index in [1.807, 2.05) is 97.1 Å². The molecule has 4 rings (SSSR count). The number of benzene rings is 4. The molecule has 0 amide bonds. The molecule has 4 aromatic rings. The van der Waals surface area contributed by atoms with Gasteiger partial charge in [0.15, 0.2) is 0 Å². The SMILES string of the molecule is C[NH2+]CCCOP(=S)(c1ccccc1)c1ccccc1.[O-]P(=S)(c1ccccc1)c1ccccc1. The minimum atomic E-state index is -2.81. The zero-order valence-corrected chi connectivity index (χ0v) is 23.2. The summed E-state index contributed by atoms with van der Waals surface area (Å²) in [6.45, 7) is 1.78. The van der Waals surface area contributed by atoms with E-state index in [9.17, 15) is 4.89 Å². The van der Waals surface area contributed by atoms with Crippen LogP contribution in [0.4, 0.5) is 0 Å². The summed E-state index contributed by atoms with van der Waals surface area (Å²) in [5, 5.41) is 5.87. The van der Waals surface area contributed by atoms with Crippen LogP contribution in [-0.4, -0.2) is 20.2 Å². The maximum atomic E-state index is 12.4. The molecule has 2 N–H and O–H groups in total. The zero-order chi connectivity index (χ0) is 25.0. The molecule has 0 heterocycles. The average molecular weight is 540 g/mol. The van der Waals surface area contributed by atoms with Gasteiger partial charge in [-0.1, -0.05) is 139 Å². The highest BCUT2D eigenvalue weighted by atomic mass is 32.4. The van der Waals surface area contributed by atoms with E-state index in [1.54, 1.807) is 0 Å². The lowest BCUT2D eigenvalue weighted by atomic mass is 10.4. The van der Waals surface area contributed by atoms with Crippen LogP contribution in [0, 0.1) is 0 Å². The molecule has 7 heteroatoms. The summed E-state index contributed by atoms with van der Waals surface area (Å²) in [4.78, 5) is 12.4. The van der Waals surface area contributed by atoms with Crippen molar-refractivity contribution in [3.8, 4) is 0 Å². The van der Waals surface area contributed by atoms with Crippen molar-refractivity contribution < 1.29 is 14.7 Å². The van der Waals surface area contributed by atoms with Crippen LogP contribution in [0.25, 0.3) is 0 Å². The summed E-state index contributed by atoms with van der Waals surface area (Å²) in [5.74, 6) is 0. The van der Waals surface area contributed by atoms with Gasteiger partial charge in [-0.15, -0.1) is 11.8 Å². The molecule has 0 bridgehead atoms. The summed E-state index contributed by atoms with van der Waals surface area (Å²) >= 11 is 11.2. The van der Waals surface area contributed by atoms with Crippen LogP contribution in [0.3, 0.4) is 0 Å². The van der Waals surface area contributed by atoms with Gasteiger partial charge in [-0.05, 0) is 10.6 Å². The molecule has 0 unspecified atom stereocenters. The van der Waals surface area contributed by atoms with Gasteiger partial charge >= 0.3 is 0 Å². The Balaban J connectivity index is 0.000000203. The highest BCUT2D eigenvalue weighted by molar-refractivity contribution is 8.19. The minimum absolute atomic E-state index is 0.714. The predicted octanol–water partition coefficient (Wildman–Crippen LogP) is 3.02. The predicted molar refractivity (Wildman–Crippen MR) is 156 cm³/mol. The Hall–Kier alpha value is -1.94. The monoisotopic (exact) mass is 539 g/mol. The van der Waals surface area contributed by atoms with Gasteiger partial charge in [0.25, 0.3) is 0 Å². The second-order valence-electron chi connectivity index (χ2n) is 7.83. The van der Waals surface area contributed by atoms with Crippen LogP contribution in [0.15, 0.2) is 121 Å². The molecule has 3 nitrogen and oxygen atoms in total. The van der Waals surface area contributed by atoms with Crippen LogP contribution in [0.1, 0.15) is 6.42 Å². The Kier molecular flexibility index (Phi) is 11.0. The summed E-state index contributed by atoms with van der Waals surface area (Å²) in [6, 6.07) is 39.0. The Morgan fingerprint density at radius 2 is 0.971 bits per heavy atom. The number of quaternary nitrogens is 1. The molecule has 0 saturated carbocycles. The van der Waals surface area contributed by atoms with E-state index >= 15 is 0 Å². The molecule has 0 radical (unpaired) electrons. The summed E-state index contributed by atoms with van der Waals surface area (Å²) in [6.07, 6.45) is -3.94. The van der Waals surface area contributed by atoms with Crippen molar-refractivity contribution >= 4 is 57.4 Å². The molecule has 0 aromatic heterocycles. The highest BCUT2D eigenvalue weighted by Crippen LogP contribution is 2.44. The van der Waals surface area contributed by atoms with Crippen molar-refractivity contribution in [3.05, 3.63) is 121 Å². The van der Waals surface area contributed by atoms with Crippen molar-refractivity contribution in [3.63, 3.8) is 0 Å². The van der Waals surface area contributed by atoms with E-state index < -0.39 is 12.5 Å². The third-order valence-corrected chi connectivity index (χ3v) is 12.6. The standard InChI is InChI=1S/C16H20NOPS.C12H11OPS/c1-17-13-8-14-18-19(20,15-9-4-2-5-10-15)16-11-6-3-7-12-16;13-14(15,11-7-3-1-4-8-11)12-9-5-2-6-10-12/h2-7,9-12,17H,8,13-14H2,1H3;1-10H,(H,13,15). The van der Waals surface area contributed by atoms with Crippen molar-refractivity contribution in [2.75, 3.05) is 20.2 Å². The number of rotatable bonds is 9. The first-order valence-electron chi connectivity index (χ1n) is 11.5. The highest BCUT2D eigenvalue weighted by Gasteiger charge is 2.22. The normalized spacial score (nSPS) is 11.4. The number of nitrogens with two attached hydrogens (primary N) is 1. The van der Waals surface area contributed by atoms with Gasteiger partial charge in [-0.3, -0.25) is 0 Å². The van der Waals surface area contributed by atoms with Crippen LogP contribution >= 0.6 is 12.5 Å². The van der Waals surface area contributed by atoms with Gasteiger partial charge in [-0.25, -0.2) is 0 Å². The fourth-order valence-electron chi connectivity index (χ4n) is 3.42. The molecule has 182 valence electrons. The van der Waals surface area contributed by atoms with Crippen LogP contribution in [0.5, 0.6) is 0 Å². The van der Waals surface area contributed by atoms with Crippen molar-refractivity contribution in [1.29, 1.82) is 0 Å². The molecular formula is C28H31NO2P2S2. The molecule has 35 heavy (non-hydrogen) atoms. The van der Waals surface area contributed by atoms with E-state index in [4.69, 9.17) is 28.1 Å². The summed E-state index contributed by atoms with van der Waals surface area (Å²) < 4.78 is 6.21. The Bertz CT molecular complexity index is 1150. The van der Waals surface area contributed by atoms with Gasteiger partial charge in [-0.2, -0.15) is 0 Å². The van der Waals surface area contributed by atoms with Crippen molar-refractivity contribution in [1.82, 2.24) is 0 Å². The minimum Gasteiger partial charge on any atom is -0.814 e. The molecule has 4 aromatic carbocycles. The molecule has 0 atom stereocenters. The molecule has 0 fully saturated rings. The lowest BCUT2D eigenvalue weighted by Gasteiger charge is -2.28. The van der Waals surface area contributed by atoms with Gasteiger partial charge in [0.2, 0.25) is 0 Å². The topological polar surface area (TPSA) is 48.9 Å². The number of hydrogen-bond acceptors (Lipinski definition) is 4. The van der Waals surface area contributed by atoms with Crippen LogP contribution < -0.4 is 31.4 Å². The molecule has 0 saturated heterocycles. The largest absolute Gasteiger partial charge is 0.814 e. The van der Waals surface area contributed by atoms with Crippen LogP contribution in [0.2, 0.25) is 0 Å². The fourth-order valence-corrected chi connectivity index (χ4v) is 8.65. The van der Waals surface area contributed by atoms with Crippen molar-refractivity contribution in [2.45, 2.75) is 6.42 Å². The van der Waals surface area contributed by atoms with Crippen molar-refractivity contribution in [2.24, 2.45) is 0 Å². The Morgan fingerprint density at radius 1 is 0.629 bits per heavy atom. The van der Waals surface area contributed by atoms with Gasteiger partial charge < -0.3 is 14.7 Å². The lowest BCUT2D eigenvalue weighted by Crippen LogP contribution is -2.79. The number of hydrogen-bond donors (Lipinski definition) is 1. The maximum absolute atomic E-state index is 12.4. The van der Waals surface area contributed by atoms with E-state index in [0.29, 0.717) is 6.61 Å². The first-order chi connectivity index (χ1) is 17.0. The van der Waals surface area contributed by atoms with E-state index in [0.717, 1.165) is 34.2 Å². The maximum Gasteiger partial charge on any atom is 0.123 e. The Morgan fingerprint density at radius 3 is 1.31 bits per heavy atom. The third kappa shape index (κ3) is 7.77. The van der Waals surface area contributed by atoms with Crippen LogP contribution in [-0.2, 0) is 28.1 Å². The van der Waals surface area contributed by atoms with E-state index in [2.05, 4.69) is 36.6 Å². The zero-order valence-electron chi connectivity index (χ0n) is 19.8. The second kappa shape index (κ2) is 14.0. The first-order valence-corrected chi connectivity index (χ1v) is 17.0. The quantitative estimate of drug-likeness (QED) is 0.263. The molecule has 0 aliphatic heterocycles. The van der Waals surface area contributed by atoms with E-state index in [-0.39, 0.29) is 0 Å². The third-order valence-electron chi connectivity index (χ3n) is 5.29. The van der Waals surface area contributed by atoms with Gasteiger partial charge in [0.1, 0.15) is 6.26 Å². The molecule has 0 aliphatic rings. The summed E-state index contributed by atoms with van der Waals surface area (Å²) in [7, 11) is 2.07. The molecular weight excluding hydrogens is 508 g/mol.